The van der Waals surface area contributed by atoms with Crippen molar-refractivity contribution in [2.45, 2.75) is 6.92 Å². The fourth-order valence-electron chi connectivity index (χ4n) is 1.48. The maximum atomic E-state index is 11.7. The molecule has 1 aromatic heterocycles. The summed E-state index contributed by atoms with van der Waals surface area (Å²) in [5.41, 5.74) is 0.535. The number of hydrogen-bond donors (Lipinski definition) is 1. The second-order valence-electron chi connectivity index (χ2n) is 3.40. The van der Waals surface area contributed by atoms with Gasteiger partial charge in [-0.05, 0) is 19.1 Å². The first-order chi connectivity index (χ1) is 8.22. The van der Waals surface area contributed by atoms with E-state index in [4.69, 9.17) is 4.74 Å². The number of esters is 1. The van der Waals surface area contributed by atoms with Crippen molar-refractivity contribution in [2.75, 3.05) is 6.61 Å². The van der Waals surface area contributed by atoms with E-state index in [0.717, 1.165) is 0 Å². The van der Waals surface area contributed by atoms with Crippen LogP contribution in [0.4, 0.5) is 0 Å². The van der Waals surface area contributed by atoms with Crippen molar-refractivity contribution in [1.82, 2.24) is 9.78 Å². The Bertz CT molecular complexity index is 569. The van der Waals surface area contributed by atoms with E-state index in [1.165, 1.54) is 10.7 Å². The molecule has 0 aliphatic carbocycles. The average molecular weight is 232 g/mol. The number of para-hydroxylation sites is 1. The van der Waals surface area contributed by atoms with Crippen LogP contribution in [0, 0.1) is 0 Å². The van der Waals surface area contributed by atoms with Gasteiger partial charge in [0, 0.05) is 6.07 Å². The lowest BCUT2D eigenvalue weighted by Gasteiger charge is -2.01. The largest absolute Gasteiger partial charge is 0.461 e. The van der Waals surface area contributed by atoms with Gasteiger partial charge in [0.25, 0.3) is 5.56 Å². The summed E-state index contributed by atoms with van der Waals surface area (Å²) in [5, 5.41) is 2.71. The maximum Gasteiger partial charge on any atom is 0.356 e. The van der Waals surface area contributed by atoms with Crippen LogP contribution in [0.15, 0.2) is 41.2 Å². The summed E-state index contributed by atoms with van der Waals surface area (Å²) < 4.78 is 6.11. The van der Waals surface area contributed by atoms with E-state index >= 15 is 0 Å². The molecule has 1 N–H and O–H groups in total. The third-order valence-electron chi connectivity index (χ3n) is 2.23. The van der Waals surface area contributed by atoms with E-state index in [1.54, 1.807) is 19.1 Å². The number of carbonyl (C=O) groups is 1. The van der Waals surface area contributed by atoms with Crippen molar-refractivity contribution < 1.29 is 9.53 Å². The van der Waals surface area contributed by atoms with Gasteiger partial charge in [0.2, 0.25) is 0 Å². The Balaban J connectivity index is 2.38. The molecule has 0 aliphatic heterocycles. The third-order valence-corrected chi connectivity index (χ3v) is 2.23. The fraction of sp³-hybridized carbons (Fsp3) is 0.167. The van der Waals surface area contributed by atoms with Gasteiger partial charge >= 0.3 is 5.97 Å². The number of benzene rings is 1. The summed E-state index contributed by atoms with van der Waals surface area (Å²) in [7, 11) is 0. The van der Waals surface area contributed by atoms with Crippen LogP contribution in [0.3, 0.4) is 0 Å². The van der Waals surface area contributed by atoms with Crippen molar-refractivity contribution in [3.8, 4) is 5.69 Å². The van der Waals surface area contributed by atoms with Gasteiger partial charge in [-0.3, -0.25) is 9.89 Å². The van der Waals surface area contributed by atoms with E-state index in [9.17, 15) is 9.59 Å². The first kappa shape index (κ1) is 11.2. The molecule has 0 unspecified atom stereocenters. The smallest absolute Gasteiger partial charge is 0.356 e. The van der Waals surface area contributed by atoms with Crippen LogP contribution < -0.4 is 5.56 Å². The zero-order valence-electron chi connectivity index (χ0n) is 9.34. The van der Waals surface area contributed by atoms with Crippen molar-refractivity contribution in [2.24, 2.45) is 0 Å². The van der Waals surface area contributed by atoms with Gasteiger partial charge in [0.1, 0.15) is 5.69 Å². The highest BCUT2D eigenvalue weighted by Crippen LogP contribution is 2.04. The number of aromatic nitrogens is 2. The molecule has 0 saturated heterocycles. The van der Waals surface area contributed by atoms with Gasteiger partial charge < -0.3 is 4.74 Å². The highest BCUT2D eigenvalue weighted by molar-refractivity contribution is 5.87. The topological polar surface area (TPSA) is 64.1 Å². The minimum Gasteiger partial charge on any atom is -0.461 e. The number of ether oxygens (including phenoxy) is 1. The lowest BCUT2D eigenvalue weighted by molar-refractivity contribution is 0.0519. The second kappa shape index (κ2) is 4.69. The van der Waals surface area contributed by atoms with Gasteiger partial charge in [-0.2, -0.15) is 0 Å². The Morgan fingerprint density at radius 3 is 2.71 bits per heavy atom. The molecule has 0 fully saturated rings. The second-order valence-corrected chi connectivity index (χ2v) is 3.40. The molecule has 2 aromatic rings. The number of hydrogen-bond acceptors (Lipinski definition) is 3. The molecule has 5 heteroatoms. The number of carbonyl (C=O) groups excluding carboxylic acids is 1. The predicted octanol–water partition coefficient (Wildman–Crippen LogP) is 1.34. The number of nitrogens with one attached hydrogen (secondary N) is 1. The molecule has 5 nitrogen and oxygen atoms in total. The van der Waals surface area contributed by atoms with Gasteiger partial charge in [-0.15, -0.1) is 0 Å². The molecule has 2 rings (SSSR count). The van der Waals surface area contributed by atoms with E-state index in [1.807, 2.05) is 18.2 Å². The molecule has 0 aliphatic rings. The van der Waals surface area contributed by atoms with Gasteiger partial charge in [0.15, 0.2) is 0 Å². The first-order valence-corrected chi connectivity index (χ1v) is 5.27. The Morgan fingerprint density at radius 2 is 2.06 bits per heavy atom. The summed E-state index contributed by atoms with van der Waals surface area (Å²) in [6.07, 6.45) is 0. The number of rotatable bonds is 3. The first-order valence-electron chi connectivity index (χ1n) is 5.27. The fourth-order valence-corrected chi connectivity index (χ4v) is 1.48. The summed E-state index contributed by atoms with van der Waals surface area (Å²) >= 11 is 0. The van der Waals surface area contributed by atoms with Crippen LogP contribution >= 0.6 is 0 Å². The van der Waals surface area contributed by atoms with Crippen LogP contribution in [0.2, 0.25) is 0 Å². The molecule has 17 heavy (non-hydrogen) atoms. The van der Waals surface area contributed by atoms with Crippen LogP contribution in [0.1, 0.15) is 17.4 Å². The van der Waals surface area contributed by atoms with Crippen molar-refractivity contribution in [3.05, 3.63) is 52.4 Å². The van der Waals surface area contributed by atoms with E-state index < -0.39 is 5.97 Å². The van der Waals surface area contributed by atoms with Crippen LogP contribution in [-0.2, 0) is 4.74 Å². The van der Waals surface area contributed by atoms with Gasteiger partial charge in [0.05, 0.1) is 12.3 Å². The molecule has 0 atom stereocenters. The third kappa shape index (κ3) is 2.28. The Kier molecular flexibility index (Phi) is 3.09. The van der Waals surface area contributed by atoms with Gasteiger partial charge in [-0.1, -0.05) is 18.2 Å². The Labute approximate surface area is 97.6 Å². The van der Waals surface area contributed by atoms with Crippen molar-refractivity contribution in [3.63, 3.8) is 0 Å². The van der Waals surface area contributed by atoms with Crippen LogP contribution in [0.25, 0.3) is 5.69 Å². The SMILES string of the molecule is CCOC(=O)c1cc(=O)n(-c2ccccc2)[nH]1. The minimum absolute atomic E-state index is 0.153. The molecule has 0 spiro atoms. The zero-order chi connectivity index (χ0) is 12.3. The zero-order valence-corrected chi connectivity index (χ0v) is 9.34. The highest BCUT2D eigenvalue weighted by Gasteiger charge is 2.12. The van der Waals surface area contributed by atoms with Gasteiger partial charge in [-0.25, -0.2) is 9.48 Å². The minimum atomic E-state index is -0.528. The predicted molar refractivity (Wildman–Crippen MR) is 62.3 cm³/mol. The molecule has 0 bridgehead atoms. The number of H-pyrrole nitrogens is 1. The quantitative estimate of drug-likeness (QED) is 0.812. The molecule has 1 aromatic carbocycles. The Morgan fingerprint density at radius 1 is 1.35 bits per heavy atom. The summed E-state index contributed by atoms with van der Waals surface area (Å²) in [6, 6.07) is 10.2. The van der Waals surface area contributed by atoms with Crippen LogP contribution in [0.5, 0.6) is 0 Å². The Hall–Kier alpha value is -2.30. The lowest BCUT2D eigenvalue weighted by Crippen LogP contribution is -2.13. The normalized spacial score (nSPS) is 10.2. The maximum absolute atomic E-state index is 11.7. The molecule has 0 amide bonds. The van der Waals surface area contributed by atoms with Crippen molar-refractivity contribution >= 4 is 5.97 Å². The number of aromatic amines is 1. The molecular weight excluding hydrogens is 220 g/mol. The number of nitrogens with zero attached hydrogens (tertiary/aromatic N) is 1. The monoisotopic (exact) mass is 232 g/mol. The molecule has 0 radical (unpaired) electrons. The highest BCUT2D eigenvalue weighted by atomic mass is 16.5. The van der Waals surface area contributed by atoms with E-state index in [-0.39, 0.29) is 17.9 Å². The average Bonchev–Trinajstić information content (AvgIpc) is 2.73. The standard InChI is InChI=1S/C12H12N2O3/c1-2-17-12(16)10-8-11(15)14(13-10)9-6-4-3-5-7-9/h3-8,13H,2H2,1H3. The van der Waals surface area contributed by atoms with E-state index in [2.05, 4.69) is 5.10 Å². The molecule has 1 heterocycles. The summed E-state index contributed by atoms with van der Waals surface area (Å²) in [6.45, 7) is 1.99. The molecular formula is C12H12N2O3. The van der Waals surface area contributed by atoms with E-state index in [0.29, 0.717) is 5.69 Å². The summed E-state index contributed by atoms with van der Waals surface area (Å²) in [4.78, 5) is 23.1. The summed E-state index contributed by atoms with van der Waals surface area (Å²) in [5.74, 6) is -0.528. The molecule has 88 valence electrons. The van der Waals surface area contributed by atoms with Crippen molar-refractivity contribution in [1.29, 1.82) is 0 Å². The van der Waals surface area contributed by atoms with Crippen LogP contribution in [-0.4, -0.2) is 22.4 Å². The molecule has 0 saturated carbocycles. The lowest BCUT2D eigenvalue weighted by atomic mass is 10.3.